The topological polar surface area (TPSA) is 166 Å². The number of hydrogen-bond acceptors (Lipinski definition) is 9. The number of hydrazine groups is 1. The minimum atomic E-state index is -0.778. The smallest absolute Gasteiger partial charge is 0.426 e. The molecule has 2 aromatic carbocycles. The number of aromatic nitrogens is 1. The quantitative estimate of drug-likeness (QED) is 0.133. The number of phenols is 1. The van der Waals surface area contributed by atoms with Gasteiger partial charge in [-0.25, -0.2) is 15.0 Å². The maximum absolute atomic E-state index is 13.8. The highest BCUT2D eigenvalue weighted by atomic mass is 35.5. The van der Waals surface area contributed by atoms with Crippen LogP contribution in [0.4, 0.5) is 16.2 Å². The number of aryl methyl sites for hydroxylation is 1. The molecule has 1 aliphatic rings. The lowest BCUT2D eigenvalue weighted by molar-refractivity contribution is -0.120. The molecule has 13 nitrogen and oxygen atoms in total. The van der Waals surface area contributed by atoms with Crippen molar-refractivity contribution in [3.05, 3.63) is 52.9 Å². The van der Waals surface area contributed by atoms with E-state index in [0.717, 1.165) is 0 Å². The van der Waals surface area contributed by atoms with Crippen LogP contribution in [0.3, 0.4) is 0 Å². The van der Waals surface area contributed by atoms with E-state index in [1.165, 1.54) is 18.1 Å². The van der Waals surface area contributed by atoms with E-state index < -0.39 is 29.5 Å². The summed E-state index contributed by atoms with van der Waals surface area (Å²) in [4.78, 5) is 56.9. The number of halogens is 1. The molecule has 0 radical (unpaired) electrons. The monoisotopic (exact) mass is 639 g/mol. The maximum atomic E-state index is 13.8. The van der Waals surface area contributed by atoms with Crippen LogP contribution < -0.4 is 20.7 Å². The lowest BCUT2D eigenvalue weighted by Crippen LogP contribution is -2.47. The van der Waals surface area contributed by atoms with E-state index in [1.807, 2.05) is 0 Å². The molecule has 0 saturated heterocycles. The van der Waals surface area contributed by atoms with Gasteiger partial charge in [0.1, 0.15) is 16.9 Å². The number of amides is 3. The first kappa shape index (κ1) is 31.5. The van der Waals surface area contributed by atoms with Crippen molar-refractivity contribution in [2.45, 2.75) is 39.2 Å². The number of H-pyrrole nitrogens is 1. The van der Waals surface area contributed by atoms with Gasteiger partial charge in [0.05, 0.1) is 30.4 Å². The van der Waals surface area contributed by atoms with Crippen LogP contribution in [0.2, 0.25) is 0 Å². The van der Waals surface area contributed by atoms with Gasteiger partial charge >= 0.3 is 12.1 Å². The Morgan fingerprint density at radius 2 is 1.91 bits per heavy atom. The van der Waals surface area contributed by atoms with Gasteiger partial charge in [0.15, 0.2) is 5.76 Å². The molecule has 1 atom stereocenters. The van der Waals surface area contributed by atoms with Gasteiger partial charge in [0.2, 0.25) is 0 Å². The average Bonchev–Trinajstić information content (AvgIpc) is 3.67. The summed E-state index contributed by atoms with van der Waals surface area (Å²) >= 11 is 6.36. The van der Waals surface area contributed by atoms with Gasteiger partial charge in [0, 0.05) is 53.6 Å². The molecule has 0 fully saturated rings. The Labute approximate surface area is 263 Å². The van der Waals surface area contributed by atoms with Crippen molar-refractivity contribution in [1.29, 1.82) is 0 Å². The van der Waals surface area contributed by atoms with Crippen molar-refractivity contribution >= 4 is 68.7 Å². The van der Waals surface area contributed by atoms with Gasteiger partial charge in [-0.2, -0.15) is 0 Å². The zero-order valence-corrected chi connectivity index (χ0v) is 26.4. The largest absolute Gasteiger partial charge is 0.506 e. The number of nitrogens with zero attached hydrogens (tertiary/aromatic N) is 2. The molecular weight excluding hydrogens is 606 g/mol. The minimum absolute atomic E-state index is 0.0586. The highest BCUT2D eigenvalue weighted by molar-refractivity contribution is 6.20. The number of anilines is 2. The molecule has 0 aliphatic carbocycles. The molecule has 45 heavy (non-hydrogen) atoms. The fourth-order valence-corrected chi connectivity index (χ4v) is 5.75. The maximum Gasteiger partial charge on any atom is 0.426 e. The number of furan rings is 1. The van der Waals surface area contributed by atoms with Crippen molar-refractivity contribution in [3.63, 3.8) is 0 Å². The zero-order valence-electron chi connectivity index (χ0n) is 25.7. The predicted molar refractivity (Wildman–Crippen MR) is 168 cm³/mol. The number of methoxy groups -OCH3 is 1. The van der Waals surface area contributed by atoms with Crippen LogP contribution >= 0.6 is 11.6 Å². The fraction of sp³-hybridized carbons (Fsp3) is 0.355. The lowest BCUT2D eigenvalue weighted by atomic mass is 9.95. The summed E-state index contributed by atoms with van der Waals surface area (Å²) in [5, 5.41) is 12.0. The number of ether oxygens (including phenoxy) is 2. The summed E-state index contributed by atoms with van der Waals surface area (Å²) in [6.07, 6.45) is -0.778. The summed E-state index contributed by atoms with van der Waals surface area (Å²) < 4.78 is 16.0. The van der Waals surface area contributed by atoms with Gasteiger partial charge in [0.25, 0.3) is 11.8 Å². The summed E-state index contributed by atoms with van der Waals surface area (Å²) in [7, 11) is 2.98. The first-order valence-electron chi connectivity index (χ1n) is 14.1. The molecule has 1 aliphatic heterocycles. The molecule has 3 amide bonds. The Kier molecular flexibility index (Phi) is 8.32. The van der Waals surface area contributed by atoms with Crippen LogP contribution in [0.5, 0.6) is 5.75 Å². The van der Waals surface area contributed by atoms with E-state index >= 15 is 0 Å². The predicted octanol–water partition coefficient (Wildman–Crippen LogP) is 4.69. The second kappa shape index (κ2) is 11.9. The number of aromatic hydroxyl groups is 1. The minimum Gasteiger partial charge on any atom is -0.506 e. The summed E-state index contributed by atoms with van der Waals surface area (Å²) in [5.74, 6) is -1.72. The Balaban J connectivity index is 1.38. The molecular formula is C31H34ClN5O8. The number of alkyl halides is 1. The van der Waals surface area contributed by atoms with E-state index in [4.69, 9.17) is 25.5 Å². The number of aromatic amines is 1. The van der Waals surface area contributed by atoms with Gasteiger partial charge in [-0.1, -0.05) is 0 Å². The SMILES string of the molecule is COC(=O)c1c(C)[nH]c2c(O)cc3c(c12)[C@H](CCl)CN3C(=O)c1cc2cc(N(C)CC(=O)NNC(=O)OC(C)(C)C)ccc2o1. The van der Waals surface area contributed by atoms with Gasteiger partial charge in [-0.05, 0) is 57.5 Å². The van der Waals surface area contributed by atoms with Crippen LogP contribution in [0, 0.1) is 6.92 Å². The Bertz CT molecular complexity index is 1840. The van der Waals surface area contributed by atoms with Crippen LogP contribution in [0.15, 0.2) is 34.7 Å². The number of benzene rings is 2. The molecule has 238 valence electrons. The summed E-state index contributed by atoms with van der Waals surface area (Å²) in [5.41, 5.74) is 7.18. The molecule has 0 bridgehead atoms. The fourth-order valence-electron chi connectivity index (χ4n) is 5.49. The van der Waals surface area contributed by atoms with Gasteiger partial charge in [-0.15, -0.1) is 11.6 Å². The van der Waals surface area contributed by atoms with Crippen molar-refractivity contribution in [2.24, 2.45) is 0 Å². The third kappa shape index (κ3) is 6.07. The van der Waals surface area contributed by atoms with E-state index in [-0.39, 0.29) is 42.0 Å². The Morgan fingerprint density at radius 1 is 1.18 bits per heavy atom. The van der Waals surface area contributed by atoms with Crippen molar-refractivity contribution in [3.8, 4) is 5.75 Å². The molecule has 2 aromatic heterocycles. The molecule has 3 heterocycles. The third-order valence-electron chi connectivity index (χ3n) is 7.42. The number of hydrogen-bond donors (Lipinski definition) is 4. The van der Waals surface area contributed by atoms with Crippen LogP contribution in [-0.4, -0.2) is 72.7 Å². The van der Waals surface area contributed by atoms with E-state index in [9.17, 15) is 24.3 Å². The summed E-state index contributed by atoms with van der Waals surface area (Å²) in [6.45, 7) is 6.96. The van der Waals surface area contributed by atoms with Gasteiger partial charge < -0.3 is 33.8 Å². The van der Waals surface area contributed by atoms with E-state index in [1.54, 1.807) is 63.9 Å². The van der Waals surface area contributed by atoms with Crippen LogP contribution in [0.1, 0.15) is 58.9 Å². The number of carbonyl (C=O) groups excluding carboxylic acids is 4. The molecule has 4 aromatic rings. The number of phenolic OH excluding ortho intramolecular Hbond substituents is 1. The first-order valence-corrected chi connectivity index (χ1v) is 14.6. The standard InChI is InChI=1S/C31H34ClN5O8/c1-15-24(29(41)43-6)26-25-17(12-32)13-37(19(25)11-20(38)27(26)33-15)28(40)22-10-16-9-18(7-8-21(16)44-22)36(5)14-23(39)34-35-30(42)45-31(2,3)4/h7-11,17,33,38H,12-14H2,1-6H3,(H,34,39)(H,35,42)/t17-/m1/s1. The Morgan fingerprint density at radius 3 is 2.58 bits per heavy atom. The number of esters is 1. The second-order valence-electron chi connectivity index (χ2n) is 11.8. The van der Waals surface area contributed by atoms with Crippen molar-refractivity contribution in [2.75, 3.05) is 42.9 Å². The number of rotatable bonds is 6. The zero-order chi connectivity index (χ0) is 32.8. The highest BCUT2D eigenvalue weighted by Crippen LogP contribution is 2.47. The molecule has 5 rings (SSSR count). The molecule has 4 N–H and O–H groups in total. The molecule has 0 saturated carbocycles. The van der Waals surface area contributed by atoms with Crippen molar-refractivity contribution < 1.29 is 38.2 Å². The first-order chi connectivity index (χ1) is 21.2. The average molecular weight is 640 g/mol. The van der Waals surface area contributed by atoms with Crippen LogP contribution in [0.25, 0.3) is 21.9 Å². The second-order valence-corrected chi connectivity index (χ2v) is 12.1. The molecule has 0 unspecified atom stereocenters. The summed E-state index contributed by atoms with van der Waals surface area (Å²) in [6, 6.07) is 8.28. The van der Waals surface area contributed by atoms with E-state index in [0.29, 0.717) is 44.5 Å². The lowest BCUT2D eigenvalue weighted by Gasteiger charge is -2.21. The molecule has 0 spiro atoms. The number of carbonyl (C=O) groups is 4. The Hall–Kier alpha value is -4.91. The highest BCUT2D eigenvalue weighted by Gasteiger charge is 2.38. The van der Waals surface area contributed by atoms with E-state index in [2.05, 4.69) is 15.8 Å². The van der Waals surface area contributed by atoms with Crippen LogP contribution in [-0.2, 0) is 14.3 Å². The van der Waals surface area contributed by atoms with Gasteiger partial charge in [-0.3, -0.25) is 15.0 Å². The number of likely N-dealkylation sites (N-methyl/N-ethyl adjacent to an activating group) is 1. The number of nitrogens with one attached hydrogen (secondary N) is 3. The van der Waals surface area contributed by atoms with Crippen molar-refractivity contribution in [1.82, 2.24) is 15.8 Å². The third-order valence-corrected chi connectivity index (χ3v) is 7.79. The normalized spacial score (nSPS) is 14.4. The molecule has 14 heteroatoms. The number of fused-ring (bicyclic) bond motifs is 4.